The summed E-state index contributed by atoms with van der Waals surface area (Å²) in [6.07, 6.45) is -0.369. The van der Waals surface area contributed by atoms with Crippen molar-refractivity contribution in [1.29, 1.82) is 0 Å². The molecule has 5 heteroatoms. The van der Waals surface area contributed by atoms with E-state index < -0.39 is 11.6 Å². The molecule has 0 bridgehead atoms. The van der Waals surface area contributed by atoms with Crippen molar-refractivity contribution in [3.63, 3.8) is 0 Å². The highest BCUT2D eigenvalue weighted by atomic mass is 19.1. The minimum Gasteiger partial charge on any atom is -0.486 e. The molecule has 0 aliphatic carbocycles. The normalized spacial score (nSPS) is 18.3. The molecule has 2 aromatic carbocycles. The van der Waals surface area contributed by atoms with Gasteiger partial charge < -0.3 is 14.8 Å². The van der Waals surface area contributed by atoms with E-state index in [1.807, 2.05) is 18.2 Å². The first-order valence-corrected chi connectivity index (χ1v) is 6.69. The zero-order valence-corrected chi connectivity index (χ0v) is 11.5. The van der Waals surface area contributed by atoms with E-state index >= 15 is 0 Å². The summed E-state index contributed by atoms with van der Waals surface area (Å²) in [4.78, 5) is 0. The van der Waals surface area contributed by atoms with Crippen molar-refractivity contribution in [3.05, 3.63) is 59.7 Å². The summed E-state index contributed by atoms with van der Waals surface area (Å²) >= 11 is 0. The number of likely N-dealkylation sites (N-methyl/N-ethyl adjacent to an activating group) is 1. The highest BCUT2D eigenvalue weighted by molar-refractivity contribution is 5.41. The van der Waals surface area contributed by atoms with Crippen LogP contribution in [0.1, 0.15) is 11.6 Å². The molecule has 110 valence electrons. The van der Waals surface area contributed by atoms with Crippen LogP contribution >= 0.6 is 0 Å². The lowest BCUT2D eigenvalue weighted by molar-refractivity contribution is 0.0637. The Morgan fingerprint density at radius 2 is 1.76 bits per heavy atom. The molecule has 0 fully saturated rings. The third-order valence-corrected chi connectivity index (χ3v) is 3.46. The molecule has 3 nitrogen and oxygen atoms in total. The van der Waals surface area contributed by atoms with Crippen molar-refractivity contribution in [1.82, 2.24) is 5.32 Å². The Labute approximate surface area is 121 Å². The molecule has 1 aliphatic rings. The Kier molecular flexibility index (Phi) is 3.75. The maximum Gasteiger partial charge on any atom is 0.161 e. The standard InChI is InChI=1S/C16H15F2NO2/c1-19-16(10-6-11(17)8-12(18)7-10)15-9-20-13-4-2-3-5-14(13)21-15/h2-8,15-16,19H,9H2,1H3. The minimum absolute atomic E-state index is 0.306. The van der Waals surface area contributed by atoms with Gasteiger partial charge in [0.25, 0.3) is 0 Å². The average Bonchev–Trinajstić information content (AvgIpc) is 2.47. The predicted molar refractivity (Wildman–Crippen MR) is 74.5 cm³/mol. The van der Waals surface area contributed by atoms with Gasteiger partial charge in [-0.15, -0.1) is 0 Å². The number of halogens is 2. The third-order valence-electron chi connectivity index (χ3n) is 3.46. The maximum absolute atomic E-state index is 13.4. The van der Waals surface area contributed by atoms with Crippen molar-refractivity contribution in [2.24, 2.45) is 0 Å². The molecule has 2 aromatic rings. The van der Waals surface area contributed by atoms with Crippen LogP contribution in [0.15, 0.2) is 42.5 Å². The summed E-state index contributed by atoms with van der Waals surface area (Å²) in [5.74, 6) is 0.0876. The Balaban J connectivity index is 1.88. The fourth-order valence-corrected chi connectivity index (χ4v) is 2.52. The van der Waals surface area contributed by atoms with E-state index in [0.717, 1.165) is 6.07 Å². The van der Waals surface area contributed by atoms with E-state index in [0.29, 0.717) is 23.7 Å². The van der Waals surface area contributed by atoms with Crippen LogP contribution in [0.4, 0.5) is 8.78 Å². The van der Waals surface area contributed by atoms with E-state index in [-0.39, 0.29) is 12.1 Å². The van der Waals surface area contributed by atoms with Gasteiger partial charge >= 0.3 is 0 Å². The predicted octanol–water partition coefficient (Wildman–Crippen LogP) is 3.07. The summed E-state index contributed by atoms with van der Waals surface area (Å²) in [5.41, 5.74) is 0.489. The second-order valence-electron chi connectivity index (χ2n) is 4.88. The number of hydrogen-bond acceptors (Lipinski definition) is 3. The number of fused-ring (bicyclic) bond motifs is 1. The molecule has 1 heterocycles. The first-order chi connectivity index (χ1) is 10.2. The van der Waals surface area contributed by atoms with Crippen molar-refractivity contribution in [3.8, 4) is 11.5 Å². The molecule has 3 rings (SSSR count). The van der Waals surface area contributed by atoms with Gasteiger partial charge in [0.2, 0.25) is 0 Å². The number of ether oxygens (including phenoxy) is 2. The van der Waals surface area contributed by atoms with Gasteiger partial charge in [-0.3, -0.25) is 0 Å². The van der Waals surface area contributed by atoms with Gasteiger partial charge in [-0.2, -0.15) is 0 Å². The highest BCUT2D eigenvalue weighted by Gasteiger charge is 2.29. The summed E-state index contributed by atoms with van der Waals surface area (Å²) in [6, 6.07) is 10.4. The molecule has 0 spiro atoms. The Hall–Kier alpha value is -2.14. The SMILES string of the molecule is CNC(c1cc(F)cc(F)c1)C1COc2ccccc2O1. The van der Waals surface area contributed by atoms with Gasteiger partial charge in [-0.05, 0) is 36.9 Å². The quantitative estimate of drug-likeness (QED) is 0.942. The molecule has 0 aromatic heterocycles. The van der Waals surface area contributed by atoms with E-state index in [4.69, 9.17) is 9.47 Å². The second-order valence-corrected chi connectivity index (χ2v) is 4.88. The molecule has 1 N–H and O–H groups in total. The molecule has 21 heavy (non-hydrogen) atoms. The molecule has 0 saturated heterocycles. The van der Waals surface area contributed by atoms with Gasteiger partial charge in [-0.25, -0.2) is 8.78 Å². The average molecular weight is 291 g/mol. The topological polar surface area (TPSA) is 30.5 Å². The zero-order valence-electron chi connectivity index (χ0n) is 11.5. The second kappa shape index (κ2) is 5.69. The summed E-state index contributed by atoms with van der Waals surface area (Å²) in [7, 11) is 1.72. The molecule has 2 unspecified atom stereocenters. The van der Waals surface area contributed by atoms with Crippen LogP contribution in [-0.4, -0.2) is 19.8 Å². The van der Waals surface area contributed by atoms with E-state index in [9.17, 15) is 8.78 Å². The molecular formula is C16H15F2NO2. The summed E-state index contributed by atoms with van der Waals surface area (Å²) < 4.78 is 38.3. The van der Waals surface area contributed by atoms with E-state index in [2.05, 4.69) is 5.32 Å². The van der Waals surface area contributed by atoms with Crippen LogP contribution in [0.25, 0.3) is 0 Å². The van der Waals surface area contributed by atoms with E-state index in [1.54, 1.807) is 13.1 Å². The number of nitrogens with one attached hydrogen (secondary N) is 1. The van der Waals surface area contributed by atoms with Gasteiger partial charge in [0.05, 0.1) is 6.04 Å². The van der Waals surface area contributed by atoms with Gasteiger partial charge in [-0.1, -0.05) is 12.1 Å². The van der Waals surface area contributed by atoms with Crippen LogP contribution < -0.4 is 14.8 Å². The molecular weight excluding hydrogens is 276 g/mol. The van der Waals surface area contributed by atoms with Crippen LogP contribution in [-0.2, 0) is 0 Å². The molecule has 2 atom stereocenters. The fourth-order valence-electron chi connectivity index (χ4n) is 2.52. The monoisotopic (exact) mass is 291 g/mol. The van der Waals surface area contributed by atoms with Crippen molar-refractivity contribution < 1.29 is 18.3 Å². The van der Waals surface area contributed by atoms with Gasteiger partial charge in [0.1, 0.15) is 18.2 Å². The molecule has 0 radical (unpaired) electrons. The minimum atomic E-state index is -0.609. The Bertz CT molecular complexity index is 628. The lowest BCUT2D eigenvalue weighted by atomic mass is 10.0. The fraction of sp³-hybridized carbons (Fsp3) is 0.250. The lowest BCUT2D eigenvalue weighted by Gasteiger charge is -2.32. The molecule has 0 saturated carbocycles. The molecule has 1 aliphatic heterocycles. The third kappa shape index (κ3) is 2.83. The Morgan fingerprint density at radius 3 is 2.43 bits per heavy atom. The van der Waals surface area contributed by atoms with E-state index in [1.165, 1.54) is 12.1 Å². The number of para-hydroxylation sites is 2. The lowest BCUT2D eigenvalue weighted by Crippen LogP contribution is -2.40. The zero-order chi connectivity index (χ0) is 14.8. The molecule has 0 amide bonds. The van der Waals surface area contributed by atoms with Crippen molar-refractivity contribution in [2.45, 2.75) is 12.1 Å². The van der Waals surface area contributed by atoms with Crippen LogP contribution in [0.5, 0.6) is 11.5 Å². The smallest absolute Gasteiger partial charge is 0.161 e. The number of benzene rings is 2. The van der Waals surface area contributed by atoms with Gasteiger partial charge in [0, 0.05) is 6.07 Å². The van der Waals surface area contributed by atoms with Gasteiger partial charge in [0.15, 0.2) is 17.6 Å². The first kappa shape index (κ1) is 13.8. The van der Waals surface area contributed by atoms with Crippen LogP contribution in [0, 0.1) is 11.6 Å². The van der Waals surface area contributed by atoms with Crippen LogP contribution in [0.3, 0.4) is 0 Å². The summed E-state index contributed by atoms with van der Waals surface area (Å²) in [6.45, 7) is 0.306. The number of rotatable bonds is 3. The van der Waals surface area contributed by atoms with Crippen molar-refractivity contribution in [2.75, 3.05) is 13.7 Å². The maximum atomic E-state index is 13.4. The number of hydrogen-bond donors (Lipinski definition) is 1. The Morgan fingerprint density at radius 1 is 1.10 bits per heavy atom. The highest BCUT2D eigenvalue weighted by Crippen LogP contribution is 2.34. The first-order valence-electron chi connectivity index (χ1n) is 6.69. The van der Waals surface area contributed by atoms with Crippen LogP contribution in [0.2, 0.25) is 0 Å². The summed E-state index contributed by atoms with van der Waals surface area (Å²) in [5, 5.41) is 3.03. The van der Waals surface area contributed by atoms with Crippen molar-refractivity contribution >= 4 is 0 Å². The largest absolute Gasteiger partial charge is 0.486 e.